The molecule has 0 radical (unpaired) electrons. The van der Waals surface area contributed by atoms with Crippen molar-refractivity contribution in [2.24, 2.45) is 10.7 Å². The molecule has 0 spiro atoms. The second-order valence-corrected chi connectivity index (χ2v) is 7.16. The van der Waals surface area contributed by atoms with Crippen LogP contribution in [0.4, 0.5) is 11.4 Å². The number of aliphatic imine (C=N–C) groups is 1. The minimum Gasteiger partial charge on any atom is -0.369 e. The largest absolute Gasteiger partial charge is 0.369 e. The fraction of sp³-hybridized carbons (Fsp3) is 0.0500. The zero-order chi connectivity index (χ0) is 18.4. The number of rotatable bonds is 2. The van der Waals surface area contributed by atoms with Crippen LogP contribution >= 0.6 is 34.8 Å². The second-order valence-electron chi connectivity index (χ2n) is 6.00. The van der Waals surface area contributed by atoms with Gasteiger partial charge in [0.05, 0.1) is 26.4 Å². The second kappa shape index (κ2) is 6.51. The van der Waals surface area contributed by atoms with Gasteiger partial charge in [0.1, 0.15) is 0 Å². The summed E-state index contributed by atoms with van der Waals surface area (Å²) < 4.78 is 0. The number of nitrogens with zero attached hydrogens (tertiary/aromatic N) is 2. The van der Waals surface area contributed by atoms with Crippen LogP contribution in [0, 0.1) is 0 Å². The molecule has 0 atom stereocenters. The monoisotopic (exact) mass is 401 g/mol. The highest BCUT2D eigenvalue weighted by Crippen LogP contribution is 2.39. The normalized spacial score (nSPS) is 12.8. The van der Waals surface area contributed by atoms with E-state index < -0.39 is 0 Å². The zero-order valence-electron chi connectivity index (χ0n) is 13.8. The van der Waals surface area contributed by atoms with E-state index in [2.05, 4.69) is 41.4 Å². The Bertz CT molecular complexity index is 1100. The molecule has 0 unspecified atom stereocenters. The maximum atomic E-state index is 6.24. The molecule has 0 bridgehead atoms. The molecule has 3 nitrogen and oxygen atoms in total. The topological polar surface area (TPSA) is 41.6 Å². The molecule has 1 aliphatic rings. The predicted molar refractivity (Wildman–Crippen MR) is 114 cm³/mol. The van der Waals surface area contributed by atoms with E-state index in [1.54, 1.807) is 12.1 Å². The van der Waals surface area contributed by atoms with Crippen molar-refractivity contribution < 1.29 is 0 Å². The molecular weight excluding hydrogens is 389 g/mol. The van der Waals surface area contributed by atoms with E-state index >= 15 is 0 Å². The first-order valence-electron chi connectivity index (χ1n) is 7.92. The smallest absolute Gasteiger partial charge is 0.200 e. The summed E-state index contributed by atoms with van der Waals surface area (Å²) in [5.41, 5.74) is 10.0. The average Bonchev–Trinajstić information content (AvgIpc) is 3.08. The van der Waals surface area contributed by atoms with Crippen LogP contribution in [-0.2, 0) is 0 Å². The number of anilines is 1. The lowest BCUT2D eigenvalue weighted by Gasteiger charge is -2.21. The summed E-state index contributed by atoms with van der Waals surface area (Å²) in [5.74, 6) is 0.304. The molecule has 0 amide bonds. The highest BCUT2D eigenvalue weighted by molar-refractivity contribution is 6.49. The van der Waals surface area contributed by atoms with Crippen molar-refractivity contribution in [3.8, 4) is 0 Å². The molecule has 4 rings (SSSR count). The van der Waals surface area contributed by atoms with Gasteiger partial charge in [0.25, 0.3) is 0 Å². The molecule has 0 fully saturated rings. The van der Waals surface area contributed by atoms with Gasteiger partial charge in [0.15, 0.2) is 0 Å². The van der Waals surface area contributed by atoms with Gasteiger partial charge in [-0.05, 0) is 34.5 Å². The van der Waals surface area contributed by atoms with Crippen molar-refractivity contribution in [2.45, 2.75) is 0 Å². The third-order valence-corrected chi connectivity index (χ3v) is 5.76. The molecule has 2 N–H and O–H groups in total. The van der Waals surface area contributed by atoms with Gasteiger partial charge in [-0.2, -0.15) is 0 Å². The summed E-state index contributed by atoms with van der Waals surface area (Å²) in [4.78, 5) is 6.26. The van der Waals surface area contributed by atoms with Gasteiger partial charge in [0, 0.05) is 12.6 Å². The van der Waals surface area contributed by atoms with Crippen LogP contribution in [-0.4, -0.2) is 13.0 Å². The Balaban J connectivity index is 1.78. The molecule has 0 aliphatic heterocycles. The number of nitrogens with two attached hydrogens (primary N) is 1. The first-order valence-corrected chi connectivity index (χ1v) is 9.06. The Morgan fingerprint density at radius 3 is 2.58 bits per heavy atom. The predicted octanol–water partition coefficient (Wildman–Crippen LogP) is 6.37. The van der Waals surface area contributed by atoms with E-state index in [0.717, 1.165) is 11.3 Å². The zero-order valence-corrected chi connectivity index (χ0v) is 16.1. The van der Waals surface area contributed by atoms with Gasteiger partial charge in [-0.1, -0.05) is 71.2 Å². The fourth-order valence-corrected chi connectivity index (χ4v) is 3.70. The summed E-state index contributed by atoms with van der Waals surface area (Å²) in [5, 5.41) is 3.34. The molecule has 1 aliphatic carbocycles. The van der Waals surface area contributed by atoms with E-state index in [1.165, 1.54) is 16.3 Å². The first-order chi connectivity index (χ1) is 12.5. The van der Waals surface area contributed by atoms with Crippen LogP contribution in [0.25, 0.3) is 22.9 Å². The Labute approximate surface area is 166 Å². The van der Waals surface area contributed by atoms with Crippen LogP contribution in [0.3, 0.4) is 0 Å². The Morgan fingerprint density at radius 2 is 1.77 bits per heavy atom. The summed E-state index contributed by atoms with van der Waals surface area (Å²) in [6, 6.07) is 13.7. The van der Waals surface area contributed by atoms with E-state index in [0.29, 0.717) is 16.7 Å². The van der Waals surface area contributed by atoms with Gasteiger partial charge in [-0.3, -0.25) is 0 Å². The maximum absolute atomic E-state index is 6.24. The molecular formula is C20H14Cl3N3. The SMILES string of the molecule is CN(C(N)=Nc1ccc(Cl)c(Cl)c1Cl)c1ccc2cccc3c2c1C=C3. The number of halogens is 3. The molecule has 3 aromatic rings. The van der Waals surface area contributed by atoms with Crippen LogP contribution in [0.2, 0.25) is 15.1 Å². The number of guanidine groups is 1. The first kappa shape index (κ1) is 17.2. The molecule has 0 aromatic heterocycles. The molecule has 3 aromatic carbocycles. The highest BCUT2D eigenvalue weighted by Gasteiger charge is 2.17. The standard InChI is InChI=1S/C20H14Cl3N3/c1-26(20(24)25-15-9-8-14(21)18(22)19(15)23)16-10-6-12-4-2-3-11-5-7-13(16)17(11)12/h2-10H,1H3,(H2,24,25). The minimum absolute atomic E-state index is 0.266. The van der Waals surface area contributed by atoms with Crippen molar-refractivity contribution in [2.75, 3.05) is 11.9 Å². The molecule has 6 heteroatoms. The van der Waals surface area contributed by atoms with Crippen LogP contribution in [0.15, 0.2) is 47.5 Å². The van der Waals surface area contributed by atoms with E-state index in [-0.39, 0.29) is 10.0 Å². The van der Waals surface area contributed by atoms with Gasteiger partial charge < -0.3 is 10.6 Å². The van der Waals surface area contributed by atoms with Crippen molar-refractivity contribution in [1.82, 2.24) is 0 Å². The molecule has 130 valence electrons. The average molecular weight is 403 g/mol. The fourth-order valence-electron chi connectivity index (χ4n) is 3.12. The summed E-state index contributed by atoms with van der Waals surface area (Å²) >= 11 is 18.3. The molecule has 0 heterocycles. The van der Waals surface area contributed by atoms with Gasteiger partial charge in [-0.25, -0.2) is 4.99 Å². The number of benzene rings is 3. The lowest BCUT2D eigenvalue weighted by Crippen LogP contribution is -2.34. The number of hydrogen-bond donors (Lipinski definition) is 1. The van der Waals surface area contributed by atoms with Crippen molar-refractivity contribution in [3.05, 3.63) is 68.7 Å². The van der Waals surface area contributed by atoms with Crippen LogP contribution in [0.5, 0.6) is 0 Å². The summed E-state index contributed by atoms with van der Waals surface area (Å²) in [6.45, 7) is 0. The van der Waals surface area contributed by atoms with Gasteiger partial charge in [0.2, 0.25) is 5.96 Å². The Kier molecular flexibility index (Phi) is 4.31. The Hall–Kier alpha value is -2.20. The van der Waals surface area contributed by atoms with Gasteiger partial charge >= 0.3 is 0 Å². The quantitative estimate of drug-likeness (QED) is 0.240. The van der Waals surface area contributed by atoms with Crippen LogP contribution in [0.1, 0.15) is 11.1 Å². The van der Waals surface area contributed by atoms with E-state index in [4.69, 9.17) is 40.5 Å². The van der Waals surface area contributed by atoms with Gasteiger partial charge in [-0.15, -0.1) is 0 Å². The Morgan fingerprint density at radius 1 is 0.962 bits per heavy atom. The third-order valence-electron chi connectivity index (χ3n) is 4.48. The van der Waals surface area contributed by atoms with E-state index in [9.17, 15) is 0 Å². The van der Waals surface area contributed by atoms with Crippen LogP contribution < -0.4 is 10.6 Å². The highest BCUT2D eigenvalue weighted by atomic mass is 35.5. The third kappa shape index (κ3) is 2.73. The van der Waals surface area contributed by atoms with E-state index in [1.807, 2.05) is 18.0 Å². The lowest BCUT2D eigenvalue weighted by molar-refractivity contribution is 1.22. The van der Waals surface area contributed by atoms with Crippen molar-refractivity contribution in [1.29, 1.82) is 0 Å². The van der Waals surface area contributed by atoms with Crippen molar-refractivity contribution in [3.63, 3.8) is 0 Å². The summed E-state index contributed by atoms with van der Waals surface area (Å²) in [7, 11) is 1.87. The molecule has 26 heavy (non-hydrogen) atoms. The lowest BCUT2D eigenvalue weighted by atomic mass is 10.0. The molecule has 0 saturated carbocycles. The maximum Gasteiger partial charge on any atom is 0.200 e. The minimum atomic E-state index is 0.266. The number of hydrogen-bond acceptors (Lipinski definition) is 1. The summed E-state index contributed by atoms with van der Waals surface area (Å²) in [6.07, 6.45) is 4.21. The van der Waals surface area contributed by atoms with Crippen molar-refractivity contribution >= 4 is 75.1 Å². The molecule has 0 saturated heterocycles.